The Morgan fingerprint density at radius 2 is 1.62 bits per heavy atom. The summed E-state index contributed by atoms with van der Waals surface area (Å²) in [6.07, 6.45) is 5.61. The highest BCUT2D eigenvalue weighted by atomic mass is 19.4. The van der Waals surface area contributed by atoms with Gasteiger partial charge in [-0.3, -0.25) is 4.79 Å². The third kappa shape index (κ3) is 5.85. The molecule has 0 radical (unpaired) electrons. The number of benzene rings is 1. The number of alkyl halides is 3. The molecule has 0 spiro atoms. The fourth-order valence-electron chi connectivity index (χ4n) is 4.45. The maximum absolute atomic E-state index is 12.7. The Morgan fingerprint density at radius 1 is 1.00 bits per heavy atom. The van der Waals surface area contributed by atoms with Gasteiger partial charge in [0.1, 0.15) is 6.10 Å². The molecule has 0 saturated heterocycles. The maximum atomic E-state index is 12.7. The first-order valence-electron chi connectivity index (χ1n) is 10.3. The summed E-state index contributed by atoms with van der Waals surface area (Å²) in [5, 5.41) is 8.60. The van der Waals surface area contributed by atoms with Crippen LogP contribution >= 0.6 is 0 Å². The molecular weight excluding hydrogens is 379 g/mol. The van der Waals surface area contributed by atoms with E-state index in [1.165, 1.54) is 6.08 Å². The topological polar surface area (TPSA) is 50.1 Å². The molecule has 0 unspecified atom stereocenters. The summed E-state index contributed by atoms with van der Waals surface area (Å²) in [6, 6.07) is 7.41. The quantitative estimate of drug-likeness (QED) is 0.445. The summed E-state index contributed by atoms with van der Waals surface area (Å²) in [7, 11) is 0. The molecule has 2 fully saturated rings. The Morgan fingerprint density at radius 3 is 2.17 bits per heavy atom. The molecule has 0 amide bonds. The van der Waals surface area contributed by atoms with Crippen LogP contribution in [0.4, 0.5) is 13.2 Å². The average molecular weight is 405 g/mol. The minimum Gasteiger partial charge on any atom is -0.462 e. The first-order chi connectivity index (χ1) is 13.9. The number of allylic oxidation sites excluding steroid dienone is 2. The van der Waals surface area contributed by atoms with Crippen molar-refractivity contribution in [2.24, 2.45) is 11.8 Å². The van der Waals surface area contributed by atoms with Crippen LogP contribution in [0.3, 0.4) is 0 Å². The lowest BCUT2D eigenvalue weighted by atomic mass is 9.78. The number of hydrogen-bond acceptors (Lipinski definition) is 3. The van der Waals surface area contributed by atoms with Gasteiger partial charge in [0, 0.05) is 6.08 Å². The zero-order valence-corrected chi connectivity index (χ0v) is 16.3. The monoisotopic (exact) mass is 405 g/mol. The molecule has 2 saturated carbocycles. The lowest BCUT2D eigenvalue weighted by Gasteiger charge is -2.31. The summed E-state index contributed by atoms with van der Waals surface area (Å²) >= 11 is 0. The molecule has 1 aromatic rings. The zero-order valence-electron chi connectivity index (χ0n) is 16.3. The molecule has 0 atom stereocenters. The fraction of sp³-hybridized carbons (Fsp3) is 0.565. The first kappa shape index (κ1) is 21.4. The fourth-order valence-corrected chi connectivity index (χ4v) is 4.45. The van der Waals surface area contributed by atoms with Crippen LogP contribution in [0.2, 0.25) is 0 Å². The van der Waals surface area contributed by atoms with E-state index in [1.54, 1.807) is 12.1 Å². The predicted octanol–water partition coefficient (Wildman–Crippen LogP) is 6.16. The molecule has 0 bridgehead atoms. The number of esters is 1. The van der Waals surface area contributed by atoms with Crippen molar-refractivity contribution in [3.05, 3.63) is 47.5 Å². The largest absolute Gasteiger partial charge is 0.462 e. The first-order valence-corrected chi connectivity index (χ1v) is 10.3. The van der Waals surface area contributed by atoms with Crippen LogP contribution in [0, 0.1) is 23.2 Å². The van der Waals surface area contributed by atoms with Crippen molar-refractivity contribution >= 4 is 5.97 Å². The van der Waals surface area contributed by atoms with Gasteiger partial charge in [-0.1, -0.05) is 18.2 Å². The van der Waals surface area contributed by atoms with Crippen LogP contribution in [0.15, 0.2) is 36.4 Å². The Labute approximate surface area is 169 Å². The lowest BCUT2D eigenvalue weighted by Crippen LogP contribution is -2.29. The molecule has 2 aliphatic rings. The Kier molecular flexibility index (Phi) is 7.00. The highest BCUT2D eigenvalue weighted by Gasteiger charge is 2.32. The van der Waals surface area contributed by atoms with E-state index in [0.29, 0.717) is 18.8 Å². The van der Waals surface area contributed by atoms with E-state index >= 15 is 0 Å². The Hall–Kier alpha value is -2.29. The van der Waals surface area contributed by atoms with Crippen molar-refractivity contribution in [1.29, 1.82) is 5.26 Å². The molecule has 29 heavy (non-hydrogen) atoms. The van der Waals surface area contributed by atoms with Crippen LogP contribution in [0.5, 0.6) is 0 Å². The van der Waals surface area contributed by atoms with Gasteiger partial charge < -0.3 is 4.74 Å². The summed E-state index contributed by atoms with van der Waals surface area (Å²) in [6.45, 7) is 0. The third-order valence-electron chi connectivity index (χ3n) is 6.21. The second-order valence-electron chi connectivity index (χ2n) is 8.13. The van der Waals surface area contributed by atoms with Crippen LogP contribution in [0.25, 0.3) is 0 Å². The van der Waals surface area contributed by atoms with E-state index in [0.717, 1.165) is 56.2 Å². The van der Waals surface area contributed by atoms with Gasteiger partial charge in [-0.05, 0) is 80.9 Å². The van der Waals surface area contributed by atoms with E-state index < -0.39 is 11.7 Å². The molecule has 0 N–H and O–H groups in total. The Balaban J connectivity index is 1.44. The molecule has 0 aliphatic heterocycles. The standard InChI is InChI=1S/C23H26F3NO2/c24-23(25,26)20-11-9-18(10-12-20)17-5-7-19(8-6-17)22(28)29-21-13-3-16(4-14-21)2-1-15-27/h1-2,9-12,16-17,19,21H,3-8,13-14H2. The summed E-state index contributed by atoms with van der Waals surface area (Å²) in [4.78, 5) is 12.5. The summed E-state index contributed by atoms with van der Waals surface area (Å²) < 4.78 is 43.8. The number of hydrogen-bond donors (Lipinski definition) is 0. The van der Waals surface area contributed by atoms with Gasteiger partial charge in [-0.2, -0.15) is 18.4 Å². The number of ether oxygens (including phenoxy) is 1. The number of carbonyl (C=O) groups excluding carboxylic acids is 1. The smallest absolute Gasteiger partial charge is 0.416 e. The van der Waals surface area contributed by atoms with Crippen LogP contribution in [-0.4, -0.2) is 12.1 Å². The van der Waals surface area contributed by atoms with E-state index in [-0.39, 0.29) is 23.9 Å². The highest BCUT2D eigenvalue weighted by molar-refractivity contribution is 5.72. The molecule has 3 rings (SSSR count). The number of halogens is 3. The predicted molar refractivity (Wildman–Crippen MR) is 103 cm³/mol. The molecule has 0 heterocycles. The molecule has 3 nitrogen and oxygen atoms in total. The minimum atomic E-state index is -4.31. The number of rotatable bonds is 4. The van der Waals surface area contributed by atoms with Crippen LogP contribution in [-0.2, 0) is 15.7 Å². The van der Waals surface area contributed by atoms with E-state index in [9.17, 15) is 18.0 Å². The molecular formula is C23H26F3NO2. The van der Waals surface area contributed by atoms with Crippen molar-refractivity contribution in [3.63, 3.8) is 0 Å². The Bertz CT molecular complexity index is 748. The second-order valence-corrected chi connectivity index (χ2v) is 8.13. The van der Waals surface area contributed by atoms with Gasteiger partial charge >= 0.3 is 12.1 Å². The van der Waals surface area contributed by atoms with Crippen molar-refractivity contribution < 1.29 is 22.7 Å². The van der Waals surface area contributed by atoms with Crippen LogP contribution < -0.4 is 0 Å². The molecule has 156 valence electrons. The van der Waals surface area contributed by atoms with Crippen molar-refractivity contribution in [2.45, 2.75) is 69.6 Å². The van der Waals surface area contributed by atoms with Crippen molar-refractivity contribution in [1.82, 2.24) is 0 Å². The SMILES string of the molecule is N#CC=CC1CCC(OC(=O)C2CCC(c3ccc(C(F)(F)F)cc3)CC2)CC1. The minimum absolute atomic E-state index is 0.0399. The van der Waals surface area contributed by atoms with Crippen molar-refractivity contribution in [3.8, 4) is 6.07 Å². The van der Waals surface area contributed by atoms with Gasteiger partial charge in [-0.15, -0.1) is 0 Å². The third-order valence-corrected chi connectivity index (χ3v) is 6.21. The van der Waals surface area contributed by atoms with Crippen molar-refractivity contribution in [2.75, 3.05) is 0 Å². The normalized spacial score (nSPS) is 28.1. The van der Waals surface area contributed by atoms with Gasteiger partial charge in [0.25, 0.3) is 0 Å². The number of carbonyl (C=O) groups is 1. The van der Waals surface area contributed by atoms with Gasteiger partial charge in [-0.25, -0.2) is 0 Å². The summed E-state index contributed by atoms with van der Waals surface area (Å²) in [5.41, 5.74) is 0.282. The van der Waals surface area contributed by atoms with E-state index in [2.05, 4.69) is 0 Å². The molecule has 6 heteroatoms. The van der Waals surface area contributed by atoms with Gasteiger partial charge in [0.2, 0.25) is 0 Å². The van der Waals surface area contributed by atoms with E-state index in [4.69, 9.17) is 10.00 Å². The average Bonchev–Trinajstić information content (AvgIpc) is 2.73. The molecule has 0 aromatic heterocycles. The number of nitriles is 1. The summed E-state index contributed by atoms with van der Waals surface area (Å²) in [5.74, 6) is 0.344. The van der Waals surface area contributed by atoms with Crippen LogP contribution in [0.1, 0.15) is 68.4 Å². The molecule has 1 aromatic carbocycles. The second kappa shape index (κ2) is 9.47. The van der Waals surface area contributed by atoms with Gasteiger partial charge in [0.15, 0.2) is 0 Å². The molecule has 2 aliphatic carbocycles. The zero-order chi connectivity index (χ0) is 20.9. The highest BCUT2D eigenvalue weighted by Crippen LogP contribution is 2.38. The lowest BCUT2D eigenvalue weighted by molar-refractivity contribution is -0.157. The maximum Gasteiger partial charge on any atom is 0.416 e. The van der Waals surface area contributed by atoms with E-state index in [1.807, 2.05) is 12.1 Å². The number of nitrogens with zero attached hydrogens (tertiary/aromatic N) is 1. The van der Waals surface area contributed by atoms with Gasteiger partial charge in [0.05, 0.1) is 17.6 Å².